The normalized spacial score (nSPS) is 11.7. The predicted molar refractivity (Wildman–Crippen MR) is 62.1 cm³/mol. The fourth-order valence-corrected chi connectivity index (χ4v) is 1.14. The highest BCUT2D eigenvalue weighted by molar-refractivity contribution is 6.30. The van der Waals surface area contributed by atoms with Gasteiger partial charge in [0.15, 0.2) is 6.10 Å². The van der Waals surface area contributed by atoms with Crippen LogP contribution in [0.15, 0.2) is 18.2 Å². The average molecular weight is 277 g/mol. The summed E-state index contributed by atoms with van der Waals surface area (Å²) in [5.74, 6) is -2.15. The third kappa shape index (κ3) is 4.19. The maximum absolute atomic E-state index is 13.0. The van der Waals surface area contributed by atoms with Crippen LogP contribution in [0.4, 0.5) is 14.9 Å². The van der Waals surface area contributed by atoms with Crippen molar-refractivity contribution in [1.29, 1.82) is 0 Å². The SMILES string of the molecule is O=C(NCC(O)C(=O)O)Nc1ccc(Cl)c(F)c1. The van der Waals surface area contributed by atoms with Gasteiger partial charge >= 0.3 is 12.0 Å². The van der Waals surface area contributed by atoms with E-state index in [0.29, 0.717) is 0 Å². The molecule has 0 saturated carbocycles. The number of aliphatic hydroxyl groups excluding tert-OH is 1. The van der Waals surface area contributed by atoms with Crippen LogP contribution in [0, 0.1) is 5.82 Å². The van der Waals surface area contributed by atoms with Crippen LogP contribution in [0.3, 0.4) is 0 Å². The standard InChI is InChI=1S/C10H10ClFN2O4/c11-6-2-1-5(3-7(6)12)14-10(18)13-4-8(15)9(16)17/h1-3,8,15H,4H2,(H,16,17)(H2,13,14,18). The van der Waals surface area contributed by atoms with Gasteiger partial charge in [0.1, 0.15) is 5.82 Å². The number of halogens is 2. The number of carboxylic acids is 1. The molecule has 0 spiro atoms. The van der Waals surface area contributed by atoms with Crippen LogP contribution >= 0.6 is 11.6 Å². The Morgan fingerprint density at radius 1 is 1.44 bits per heavy atom. The third-order valence-corrected chi connectivity index (χ3v) is 2.23. The van der Waals surface area contributed by atoms with Gasteiger partial charge in [-0.3, -0.25) is 0 Å². The zero-order chi connectivity index (χ0) is 13.7. The molecule has 0 aliphatic rings. The summed E-state index contributed by atoms with van der Waals surface area (Å²) >= 11 is 5.45. The number of carbonyl (C=O) groups excluding carboxylic acids is 1. The molecule has 2 amide bonds. The summed E-state index contributed by atoms with van der Waals surface area (Å²) in [5.41, 5.74) is 0.152. The molecule has 0 aromatic heterocycles. The molecule has 1 rings (SSSR count). The van der Waals surface area contributed by atoms with Gasteiger partial charge in [-0.05, 0) is 18.2 Å². The van der Waals surface area contributed by atoms with Gasteiger partial charge in [0, 0.05) is 5.69 Å². The molecular weight excluding hydrogens is 267 g/mol. The van der Waals surface area contributed by atoms with E-state index in [0.717, 1.165) is 6.07 Å². The molecule has 0 saturated heterocycles. The third-order valence-electron chi connectivity index (χ3n) is 1.92. The number of aliphatic carboxylic acids is 1. The number of nitrogens with one attached hydrogen (secondary N) is 2. The number of urea groups is 1. The van der Waals surface area contributed by atoms with Gasteiger partial charge in [0.05, 0.1) is 11.6 Å². The minimum atomic E-state index is -1.70. The molecule has 98 valence electrons. The fraction of sp³-hybridized carbons (Fsp3) is 0.200. The molecule has 18 heavy (non-hydrogen) atoms. The van der Waals surface area contributed by atoms with E-state index in [2.05, 4.69) is 10.6 Å². The van der Waals surface area contributed by atoms with Crippen molar-refractivity contribution in [1.82, 2.24) is 5.32 Å². The Hall–Kier alpha value is -1.86. The highest BCUT2D eigenvalue weighted by Crippen LogP contribution is 2.18. The first kappa shape index (κ1) is 14.2. The van der Waals surface area contributed by atoms with Crippen LogP contribution in [0.25, 0.3) is 0 Å². The molecule has 0 aliphatic carbocycles. The van der Waals surface area contributed by atoms with E-state index in [-0.39, 0.29) is 10.7 Å². The van der Waals surface area contributed by atoms with Crippen molar-refractivity contribution in [3.8, 4) is 0 Å². The lowest BCUT2D eigenvalue weighted by atomic mass is 10.3. The molecule has 8 heteroatoms. The summed E-state index contributed by atoms with van der Waals surface area (Å²) in [6.45, 7) is -0.461. The van der Waals surface area contributed by atoms with Crippen molar-refractivity contribution in [2.24, 2.45) is 0 Å². The monoisotopic (exact) mass is 276 g/mol. The smallest absolute Gasteiger partial charge is 0.334 e. The summed E-state index contributed by atoms with van der Waals surface area (Å²) in [6, 6.07) is 2.88. The lowest BCUT2D eigenvalue weighted by Crippen LogP contribution is -2.38. The molecule has 1 aromatic rings. The fourth-order valence-electron chi connectivity index (χ4n) is 1.03. The quantitative estimate of drug-likeness (QED) is 0.660. The van der Waals surface area contributed by atoms with Gasteiger partial charge in [-0.15, -0.1) is 0 Å². The molecule has 1 atom stereocenters. The zero-order valence-corrected chi connectivity index (χ0v) is 9.74. The average Bonchev–Trinajstić information content (AvgIpc) is 2.30. The van der Waals surface area contributed by atoms with Crippen molar-refractivity contribution in [2.45, 2.75) is 6.10 Å². The number of aliphatic hydroxyl groups is 1. The second-order valence-corrected chi connectivity index (χ2v) is 3.73. The van der Waals surface area contributed by atoms with Gasteiger partial charge in [-0.1, -0.05) is 11.6 Å². The summed E-state index contributed by atoms with van der Waals surface area (Å²) in [6.07, 6.45) is -1.70. The van der Waals surface area contributed by atoms with Crippen molar-refractivity contribution in [3.05, 3.63) is 29.0 Å². The Morgan fingerprint density at radius 2 is 2.11 bits per heavy atom. The summed E-state index contributed by atoms with van der Waals surface area (Å²) in [4.78, 5) is 21.5. The molecular formula is C10H10ClFN2O4. The Morgan fingerprint density at radius 3 is 2.67 bits per heavy atom. The number of hydrogen-bond donors (Lipinski definition) is 4. The van der Waals surface area contributed by atoms with E-state index >= 15 is 0 Å². The van der Waals surface area contributed by atoms with Crippen LogP contribution in [-0.2, 0) is 4.79 Å². The van der Waals surface area contributed by atoms with Gasteiger partial charge in [-0.25, -0.2) is 14.0 Å². The van der Waals surface area contributed by atoms with Gasteiger partial charge in [0.25, 0.3) is 0 Å². The molecule has 1 unspecified atom stereocenters. The molecule has 4 N–H and O–H groups in total. The van der Waals surface area contributed by atoms with E-state index in [4.69, 9.17) is 21.8 Å². The summed E-state index contributed by atoms with van der Waals surface area (Å²) < 4.78 is 13.0. The molecule has 6 nitrogen and oxygen atoms in total. The molecule has 0 heterocycles. The minimum absolute atomic E-state index is 0.0812. The lowest BCUT2D eigenvalue weighted by Gasteiger charge is -2.09. The highest BCUT2D eigenvalue weighted by Gasteiger charge is 2.14. The first-order valence-electron chi connectivity index (χ1n) is 4.81. The number of carbonyl (C=O) groups is 2. The second kappa shape index (κ2) is 6.18. The first-order chi connectivity index (χ1) is 8.40. The summed E-state index contributed by atoms with van der Waals surface area (Å²) in [5, 5.41) is 21.5. The van der Waals surface area contributed by atoms with Crippen molar-refractivity contribution in [3.63, 3.8) is 0 Å². The van der Waals surface area contributed by atoms with Crippen LogP contribution in [0.1, 0.15) is 0 Å². The Kier molecular flexibility index (Phi) is 4.87. The van der Waals surface area contributed by atoms with Gasteiger partial charge < -0.3 is 20.8 Å². The van der Waals surface area contributed by atoms with Gasteiger partial charge in [-0.2, -0.15) is 0 Å². The first-order valence-corrected chi connectivity index (χ1v) is 5.18. The Labute approximate surface area is 106 Å². The molecule has 1 aromatic carbocycles. The highest BCUT2D eigenvalue weighted by atomic mass is 35.5. The van der Waals surface area contributed by atoms with E-state index in [1.807, 2.05) is 0 Å². The number of amides is 2. The maximum Gasteiger partial charge on any atom is 0.334 e. The van der Waals surface area contributed by atoms with Crippen LogP contribution < -0.4 is 10.6 Å². The maximum atomic E-state index is 13.0. The predicted octanol–water partition coefficient (Wildman–Crippen LogP) is 1.05. The Balaban J connectivity index is 2.49. The van der Waals surface area contributed by atoms with E-state index in [1.54, 1.807) is 0 Å². The molecule has 0 fully saturated rings. The molecule has 0 bridgehead atoms. The van der Waals surface area contributed by atoms with Crippen molar-refractivity contribution >= 4 is 29.3 Å². The topological polar surface area (TPSA) is 98.7 Å². The Bertz CT molecular complexity index is 469. The second-order valence-electron chi connectivity index (χ2n) is 3.32. The van der Waals surface area contributed by atoms with Crippen LogP contribution in [-0.4, -0.2) is 34.9 Å². The van der Waals surface area contributed by atoms with Gasteiger partial charge in [0.2, 0.25) is 0 Å². The number of carboxylic acid groups (broad SMARTS) is 1. The summed E-state index contributed by atoms with van der Waals surface area (Å²) in [7, 11) is 0. The van der Waals surface area contributed by atoms with Crippen molar-refractivity contribution < 1.29 is 24.2 Å². The van der Waals surface area contributed by atoms with E-state index in [1.165, 1.54) is 12.1 Å². The number of hydrogen-bond acceptors (Lipinski definition) is 3. The van der Waals surface area contributed by atoms with E-state index in [9.17, 15) is 14.0 Å². The van der Waals surface area contributed by atoms with Crippen LogP contribution in [0.2, 0.25) is 5.02 Å². The number of rotatable bonds is 4. The minimum Gasteiger partial charge on any atom is -0.479 e. The molecule has 0 aliphatic heterocycles. The van der Waals surface area contributed by atoms with Crippen LogP contribution in [0.5, 0.6) is 0 Å². The molecule has 0 radical (unpaired) electrons. The number of benzene rings is 1. The number of anilines is 1. The zero-order valence-electron chi connectivity index (χ0n) is 8.98. The van der Waals surface area contributed by atoms with Crippen molar-refractivity contribution in [2.75, 3.05) is 11.9 Å². The largest absolute Gasteiger partial charge is 0.479 e. The van der Waals surface area contributed by atoms with E-state index < -0.39 is 30.5 Å². The lowest BCUT2D eigenvalue weighted by molar-refractivity contribution is -0.146.